The molecule has 0 saturated carbocycles. The topological polar surface area (TPSA) is 102 Å². The normalized spacial score (nSPS) is 11.2. The minimum atomic E-state index is -0.191. The monoisotopic (exact) mass is 481 g/mol. The molecule has 2 heterocycles. The SMILES string of the molecule is Cc1c(NC(=O)c2ccc(C(C)(C)C)cc2)cccc1-c1cc(Nc2cccc(N)n2)c(=O)n(C)c1. The van der Waals surface area contributed by atoms with E-state index in [0.29, 0.717) is 28.6 Å². The van der Waals surface area contributed by atoms with Crippen LogP contribution >= 0.6 is 0 Å². The molecule has 0 saturated heterocycles. The fourth-order valence-corrected chi connectivity index (χ4v) is 4.01. The van der Waals surface area contributed by atoms with E-state index in [-0.39, 0.29) is 16.9 Å². The lowest BCUT2D eigenvalue weighted by Gasteiger charge is -2.19. The average Bonchev–Trinajstić information content (AvgIpc) is 2.83. The lowest BCUT2D eigenvalue weighted by molar-refractivity contribution is 0.102. The highest BCUT2D eigenvalue weighted by molar-refractivity contribution is 6.05. The van der Waals surface area contributed by atoms with Crippen molar-refractivity contribution in [2.45, 2.75) is 33.1 Å². The summed E-state index contributed by atoms with van der Waals surface area (Å²) in [5.41, 5.74) is 11.1. The van der Waals surface area contributed by atoms with Gasteiger partial charge in [-0.25, -0.2) is 4.98 Å². The highest BCUT2D eigenvalue weighted by atomic mass is 16.1. The Hall–Kier alpha value is -4.39. The zero-order chi connectivity index (χ0) is 26.0. The Labute approximate surface area is 211 Å². The number of rotatable bonds is 5. The van der Waals surface area contributed by atoms with Gasteiger partial charge >= 0.3 is 0 Å². The Balaban J connectivity index is 1.63. The third kappa shape index (κ3) is 5.30. The predicted molar refractivity (Wildman–Crippen MR) is 147 cm³/mol. The molecular formula is C29H31N5O2. The number of hydrogen-bond donors (Lipinski definition) is 3. The van der Waals surface area contributed by atoms with Gasteiger partial charge in [0.15, 0.2) is 0 Å². The average molecular weight is 482 g/mol. The van der Waals surface area contributed by atoms with Crippen molar-refractivity contribution in [3.05, 3.63) is 100.0 Å². The largest absolute Gasteiger partial charge is 0.384 e. The number of nitrogens with zero attached hydrogens (tertiary/aromatic N) is 2. The summed E-state index contributed by atoms with van der Waals surface area (Å²) in [5.74, 6) is 0.672. The maximum atomic E-state index is 13.0. The van der Waals surface area contributed by atoms with E-state index in [1.807, 2.05) is 49.4 Å². The standard InChI is InChI=1S/C29H31N5O2/c1-18-22(20-16-24(28(36)34(5)17-20)31-26-11-7-10-25(30)33-26)8-6-9-23(18)32-27(35)19-12-14-21(15-13-19)29(2,3)4/h6-17H,1-5H3,(H,32,35)(H3,30,31,33). The van der Waals surface area contributed by atoms with Gasteiger partial charge in [0.25, 0.3) is 11.5 Å². The van der Waals surface area contributed by atoms with Crippen LogP contribution in [0.25, 0.3) is 11.1 Å². The summed E-state index contributed by atoms with van der Waals surface area (Å²) in [6, 6.07) is 20.4. The Morgan fingerprint density at radius 3 is 2.33 bits per heavy atom. The van der Waals surface area contributed by atoms with Crippen LogP contribution < -0.4 is 21.9 Å². The van der Waals surface area contributed by atoms with Crippen molar-refractivity contribution in [1.29, 1.82) is 0 Å². The van der Waals surface area contributed by atoms with Gasteiger partial charge in [-0.1, -0.05) is 51.1 Å². The van der Waals surface area contributed by atoms with Gasteiger partial charge in [-0.2, -0.15) is 0 Å². The molecule has 0 aliphatic carbocycles. The number of nitrogens with one attached hydrogen (secondary N) is 2. The van der Waals surface area contributed by atoms with Gasteiger partial charge in [0.05, 0.1) is 0 Å². The van der Waals surface area contributed by atoms with Gasteiger partial charge in [0.2, 0.25) is 0 Å². The fourth-order valence-electron chi connectivity index (χ4n) is 4.01. The molecule has 7 nitrogen and oxygen atoms in total. The molecule has 2 aromatic carbocycles. The molecule has 4 rings (SSSR count). The molecule has 1 amide bonds. The highest BCUT2D eigenvalue weighted by Crippen LogP contribution is 2.30. The van der Waals surface area contributed by atoms with Crippen LogP contribution in [0.4, 0.5) is 23.0 Å². The first-order chi connectivity index (χ1) is 17.0. The molecule has 7 heteroatoms. The van der Waals surface area contributed by atoms with Crippen LogP contribution in [-0.2, 0) is 12.5 Å². The summed E-state index contributed by atoms with van der Waals surface area (Å²) in [5, 5.41) is 6.11. The lowest BCUT2D eigenvalue weighted by Crippen LogP contribution is -2.20. The second kappa shape index (κ2) is 9.70. The van der Waals surface area contributed by atoms with E-state index in [0.717, 1.165) is 16.7 Å². The van der Waals surface area contributed by atoms with Crippen LogP contribution in [0.1, 0.15) is 42.3 Å². The van der Waals surface area contributed by atoms with Crippen molar-refractivity contribution in [3.63, 3.8) is 0 Å². The summed E-state index contributed by atoms with van der Waals surface area (Å²) in [6.07, 6.45) is 1.78. The number of amides is 1. The molecule has 0 atom stereocenters. The summed E-state index contributed by atoms with van der Waals surface area (Å²) in [6.45, 7) is 8.38. The summed E-state index contributed by atoms with van der Waals surface area (Å²) in [4.78, 5) is 30.0. The second-order valence-electron chi connectivity index (χ2n) is 9.89. The number of pyridine rings is 2. The molecule has 0 bridgehead atoms. The van der Waals surface area contributed by atoms with Crippen LogP contribution in [0.2, 0.25) is 0 Å². The van der Waals surface area contributed by atoms with Crippen LogP contribution in [-0.4, -0.2) is 15.5 Å². The van der Waals surface area contributed by atoms with Gasteiger partial charge in [-0.3, -0.25) is 9.59 Å². The second-order valence-corrected chi connectivity index (χ2v) is 9.89. The van der Waals surface area contributed by atoms with Crippen molar-refractivity contribution in [2.24, 2.45) is 7.05 Å². The Bertz CT molecular complexity index is 1480. The van der Waals surface area contributed by atoms with E-state index in [4.69, 9.17) is 5.73 Å². The van der Waals surface area contributed by atoms with Gasteiger partial charge in [0.1, 0.15) is 17.3 Å². The first kappa shape index (κ1) is 24.7. The molecule has 0 fully saturated rings. The van der Waals surface area contributed by atoms with E-state index in [1.165, 1.54) is 10.1 Å². The minimum absolute atomic E-state index is 0.0204. The lowest BCUT2D eigenvalue weighted by atomic mass is 9.86. The quantitative estimate of drug-likeness (QED) is 0.343. The highest BCUT2D eigenvalue weighted by Gasteiger charge is 2.16. The number of anilines is 4. The van der Waals surface area contributed by atoms with Crippen molar-refractivity contribution in [3.8, 4) is 11.1 Å². The number of carbonyl (C=O) groups excluding carboxylic acids is 1. The maximum Gasteiger partial charge on any atom is 0.274 e. The van der Waals surface area contributed by atoms with E-state index in [1.54, 1.807) is 37.5 Å². The predicted octanol–water partition coefficient (Wildman–Crippen LogP) is 5.63. The number of carbonyl (C=O) groups is 1. The zero-order valence-corrected chi connectivity index (χ0v) is 21.2. The van der Waals surface area contributed by atoms with Gasteiger partial charge in [-0.15, -0.1) is 0 Å². The molecule has 36 heavy (non-hydrogen) atoms. The number of aromatic nitrogens is 2. The first-order valence-corrected chi connectivity index (χ1v) is 11.7. The van der Waals surface area contributed by atoms with Crippen LogP contribution in [0, 0.1) is 6.92 Å². The van der Waals surface area contributed by atoms with Gasteiger partial charge in [0, 0.05) is 30.1 Å². The molecule has 184 valence electrons. The number of aryl methyl sites for hydroxylation is 1. The first-order valence-electron chi connectivity index (χ1n) is 11.7. The molecule has 0 aliphatic rings. The number of hydrogen-bond acceptors (Lipinski definition) is 5. The molecule has 4 aromatic rings. The van der Waals surface area contributed by atoms with Crippen molar-refractivity contribution < 1.29 is 4.79 Å². The van der Waals surface area contributed by atoms with Crippen LogP contribution in [0.5, 0.6) is 0 Å². The Morgan fingerprint density at radius 2 is 1.67 bits per heavy atom. The summed E-state index contributed by atoms with van der Waals surface area (Å²) in [7, 11) is 1.70. The smallest absolute Gasteiger partial charge is 0.274 e. The van der Waals surface area contributed by atoms with E-state index >= 15 is 0 Å². The van der Waals surface area contributed by atoms with E-state index in [9.17, 15) is 9.59 Å². The molecule has 2 aromatic heterocycles. The molecule has 0 aliphatic heterocycles. The third-order valence-electron chi connectivity index (χ3n) is 6.12. The van der Waals surface area contributed by atoms with E-state index in [2.05, 4.69) is 36.4 Å². The molecule has 0 unspecified atom stereocenters. The zero-order valence-electron chi connectivity index (χ0n) is 21.2. The number of nitrogens with two attached hydrogens (primary N) is 1. The van der Waals surface area contributed by atoms with Crippen molar-refractivity contribution in [1.82, 2.24) is 9.55 Å². The van der Waals surface area contributed by atoms with Gasteiger partial charge < -0.3 is 20.9 Å². The summed E-state index contributed by atoms with van der Waals surface area (Å²) < 4.78 is 1.52. The molecule has 4 N–H and O–H groups in total. The molecule has 0 radical (unpaired) electrons. The molecule has 0 spiro atoms. The van der Waals surface area contributed by atoms with E-state index < -0.39 is 0 Å². The fraction of sp³-hybridized carbons (Fsp3) is 0.207. The minimum Gasteiger partial charge on any atom is -0.384 e. The third-order valence-corrected chi connectivity index (χ3v) is 6.12. The Morgan fingerprint density at radius 1 is 0.972 bits per heavy atom. The molecular weight excluding hydrogens is 450 g/mol. The number of benzene rings is 2. The van der Waals surface area contributed by atoms with Gasteiger partial charge in [-0.05, 0) is 65.4 Å². The summed E-state index contributed by atoms with van der Waals surface area (Å²) >= 11 is 0. The maximum absolute atomic E-state index is 13.0. The Kier molecular flexibility index (Phi) is 6.66. The van der Waals surface area contributed by atoms with Crippen LogP contribution in [0.15, 0.2) is 77.7 Å². The van der Waals surface area contributed by atoms with Crippen LogP contribution in [0.3, 0.4) is 0 Å². The number of nitrogen functional groups attached to an aromatic ring is 1. The van der Waals surface area contributed by atoms with Crippen molar-refractivity contribution >= 4 is 28.9 Å². The van der Waals surface area contributed by atoms with Crippen molar-refractivity contribution in [2.75, 3.05) is 16.4 Å².